The SMILES string of the molecule is COc1ccc(C(=O)NCc2cccc(Cn3ccnc3)c2)c(OC)c1OC. The van der Waals surface area contributed by atoms with Crippen LogP contribution in [0.4, 0.5) is 0 Å². The molecule has 28 heavy (non-hydrogen) atoms. The van der Waals surface area contributed by atoms with Gasteiger partial charge in [-0.25, -0.2) is 4.98 Å². The summed E-state index contributed by atoms with van der Waals surface area (Å²) in [6, 6.07) is 11.4. The first-order valence-corrected chi connectivity index (χ1v) is 8.77. The quantitative estimate of drug-likeness (QED) is 0.649. The number of imidazole rings is 1. The number of benzene rings is 2. The van der Waals surface area contributed by atoms with Gasteiger partial charge in [0.05, 0.1) is 33.2 Å². The molecule has 0 fully saturated rings. The molecule has 7 nitrogen and oxygen atoms in total. The molecule has 0 saturated heterocycles. The van der Waals surface area contributed by atoms with Gasteiger partial charge in [-0.2, -0.15) is 0 Å². The lowest BCUT2D eigenvalue weighted by Crippen LogP contribution is -2.23. The highest BCUT2D eigenvalue weighted by Crippen LogP contribution is 2.39. The van der Waals surface area contributed by atoms with Crippen LogP contribution in [0.5, 0.6) is 17.2 Å². The summed E-state index contributed by atoms with van der Waals surface area (Å²) in [5, 5.41) is 2.93. The summed E-state index contributed by atoms with van der Waals surface area (Å²) in [6.07, 6.45) is 5.44. The van der Waals surface area contributed by atoms with Crippen molar-refractivity contribution in [3.63, 3.8) is 0 Å². The van der Waals surface area contributed by atoms with Gasteiger partial charge in [0.25, 0.3) is 5.91 Å². The molecule has 1 heterocycles. The van der Waals surface area contributed by atoms with Gasteiger partial charge in [0.2, 0.25) is 5.75 Å². The fraction of sp³-hybridized carbons (Fsp3) is 0.238. The third-order valence-electron chi connectivity index (χ3n) is 4.32. The third kappa shape index (κ3) is 4.25. The minimum atomic E-state index is -0.252. The maximum Gasteiger partial charge on any atom is 0.255 e. The number of ether oxygens (including phenoxy) is 3. The molecule has 1 N–H and O–H groups in total. The van der Waals surface area contributed by atoms with Crippen molar-refractivity contribution >= 4 is 5.91 Å². The molecule has 3 rings (SSSR count). The van der Waals surface area contributed by atoms with Gasteiger partial charge < -0.3 is 24.1 Å². The van der Waals surface area contributed by atoms with E-state index in [0.717, 1.165) is 17.7 Å². The van der Waals surface area contributed by atoms with E-state index in [1.165, 1.54) is 21.3 Å². The molecule has 1 amide bonds. The minimum Gasteiger partial charge on any atom is -0.493 e. The predicted molar refractivity (Wildman–Crippen MR) is 105 cm³/mol. The Hall–Kier alpha value is -3.48. The van der Waals surface area contributed by atoms with Gasteiger partial charge in [-0.3, -0.25) is 4.79 Å². The number of hydrogen-bond acceptors (Lipinski definition) is 5. The summed E-state index contributed by atoms with van der Waals surface area (Å²) in [7, 11) is 4.54. The number of carbonyl (C=O) groups excluding carboxylic acids is 1. The Bertz CT molecular complexity index is 939. The summed E-state index contributed by atoms with van der Waals surface area (Å²) >= 11 is 0. The highest BCUT2D eigenvalue weighted by molar-refractivity contribution is 5.98. The second-order valence-electron chi connectivity index (χ2n) is 6.12. The molecule has 0 atom stereocenters. The first-order valence-electron chi connectivity index (χ1n) is 8.77. The number of rotatable bonds is 8. The van der Waals surface area contributed by atoms with Gasteiger partial charge in [-0.1, -0.05) is 24.3 Å². The molecule has 0 bridgehead atoms. The van der Waals surface area contributed by atoms with Crippen LogP contribution in [0.2, 0.25) is 0 Å². The Kier molecular flexibility index (Phi) is 6.16. The topological polar surface area (TPSA) is 74.6 Å². The van der Waals surface area contributed by atoms with Gasteiger partial charge in [0.1, 0.15) is 0 Å². The van der Waals surface area contributed by atoms with E-state index in [2.05, 4.69) is 16.4 Å². The molecule has 0 saturated carbocycles. The van der Waals surface area contributed by atoms with Gasteiger partial charge >= 0.3 is 0 Å². The van der Waals surface area contributed by atoms with Crippen molar-refractivity contribution in [1.82, 2.24) is 14.9 Å². The van der Waals surface area contributed by atoms with E-state index in [4.69, 9.17) is 14.2 Å². The number of methoxy groups -OCH3 is 3. The van der Waals surface area contributed by atoms with Crippen LogP contribution in [0.15, 0.2) is 55.1 Å². The van der Waals surface area contributed by atoms with Crippen LogP contribution in [0.25, 0.3) is 0 Å². The lowest BCUT2D eigenvalue weighted by Gasteiger charge is -2.15. The molecule has 1 aromatic heterocycles. The number of aromatic nitrogens is 2. The van der Waals surface area contributed by atoms with E-state index in [9.17, 15) is 4.79 Å². The Balaban J connectivity index is 1.72. The Labute approximate surface area is 163 Å². The van der Waals surface area contributed by atoms with Crippen LogP contribution in [-0.2, 0) is 13.1 Å². The lowest BCUT2D eigenvalue weighted by atomic mass is 10.1. The van der Waals surface area contributed by atoms with Gasteiger partial charge in [-0.15, -0.1) is 0 Å². The van der Waals surface area contributed by atoms with Crippen LogP contribution in [-0.4, -0.2) is 36.8 Å². The van der Waals surface area contributed by atoms with Crippen molar-refractivity contribution in [2.24, 2.45) is 0 Å². The molecule has 0 aliphatic rings. The molecule has 0 radical (unpaired) electrons. The van der Waals surface area contributed by atoms with Crippen molar-refractivity contribution in [3.8, 4) is 17.2 Å². The van der Waals surface area contributed by atoms with Gasteiger partial charge in [-0.05, 0) is 23.3 Å². The molecular weight excluding hydrogens is 358 g/mol. The van der Waals surface area contributed by atoms with Crippen molar-refractivity contribution in [3.05, 3.63) is 71.8 Å². The summed E-state index contributed by atoms with van der Waals surface area (Å²) in [6.45, 7) is 1.12. The maximum absolute atomic E-state index is 12.7. The Morgan fingerprint density at radius 1 is 1.04 bits per heavy atom. The van der Waals surface area contributed by atoms with Crippen molar-refractivity contribution in [2.75, 3.05) is 21.3 Å². The average molecular weight is 381 g/mol. The van der Waals surface area contributed by atoms with Crippen LogP contribution < -0.4 is 19.5 Å². The standard InChI is InChI=1S/C21H23N3O4/c1-26-18-8-7-17(19(27-2)20(18)28-3)21(25)23-12-15-5-4-6-16(11-15)13-24-10-9-22-14-24/h4-11,14H,12-13H2,1-3H3,(H,23,25). The second-order valence-corrected chi connectivity index (χ2v) is 6.12. The highest BCUT2D eigenvalue weighted by Gasteiger charge is 2.20. The maximum atomic E-state index is 12.7. The smallest absolute Gasteiger partial charge is 0.255 e. The molecule has 7 heteroatoms. The number of nitrogens with one attached hydrogen (secondary N) is 1. The van der Waals surface area contributed by atoms with E-state index >= 15 is 0 Å². The predicted octanol–water partition coefficient (Wildman–Crippen LogP) is 2.89. The minimum absolute atomic E-state index is 0.252. The van der Waals surface area contributed by atoms with E-state index in [1.807, 2.05) is 29.0 Å². The van der Waals surface area contributed by atoms with Crippen LogP contribution >= 0.6 is 0 Å². The summed E-state index contributed by atoms with van der Waals surface area (Å²) in [5.74, 6) is 0.981. The van der Waals surface area contributed by atoms with E-state index in [-0.39, 0.29) is 5.91 Å². The largest absolute Gasteiger partial charge is 0.493 e. The summed E-state index contributed by atoms with van der Waals surface area (Å²) in [5.41, 5.74) is 2.52. The Morgan fingerprint density at radius 2 is 1.82 bits per heavy atom. The first-order chi connectivity index (χ1) is 13.7. The fourth-order valence-electron chi connectivity index (χ4n) is 2.99. The molecule has 146 valence electrons. The van der Waals surface area contributed by atoms with Crippen LogP contribution in [0.1, 0.15) is 21.5 Å². The summed E-state index contributed by atoms with van der Waals surface area (Å²) in [4.78, 5) is 16.8. The van der Waals surface area contributed by atoms with E-state index in [0.29, 0.717) is 29.4 Å². The normalized spacial score (nSPS) is 10.4. The average Bonchev–Trinajstić information content (AvgIpc) is 3.24. The van der Waals surface area contributed by atoms with E-state index in [1.54, 1.807) is 24.7 Å². The van der Waals surface area contributed by atoms with Gasteiger partial charge in [0, 0.05) is 25.5 Å². The van der Waals surface area contributed by atoms with E-state index < -0.39 is 0 Å². The summed E-state index contributed by atoms with van der Waals surface area (Å²) < 4.78 is 18.0. The molecule has 0 aliphatic carbocycles. The zero-order valence-electron chi connectivity index (χ0n) is 16.1. The molecule has 2 aromatic carbocycles. The van der Waals surface area contributed by atoms with Crippen LogP contribution in [0, 0.1) is 0 Å². The fourth-order valence-corrected chi connectivity index (χ4v) is 2.99. The number of hydrogen-bond donors (Lipinski definition) is 1. The lowest BCUT2D eigenvalue weighted by molar-refractivity contribution is 0.0947. The van der Waals surface area contributed by atoms with Crippen molar-refractivity contribution < 1.29 is 19.0 Å². The molecule has 0 unspecified atom stereocenters. The van der Waals surface area contributed by atoms with Gasteiger partial charge in [0.15, 0.2) is 11.5 Å². The number of amides is 1. The van der Waals surface area contributed by atoms with Crippen molar-refractivity contribution in [2.45, 2.75) is 13.1 Å². The molecule has 0 spiro atoms. The second kappa shape index (κ2) is 8.94. The van der Waals surface area contributed by atoms with Crippen molar-refractivity contribution in [1.29, 1.82) is 0 Å². The third-order valence-corrected chi connectivity index (χ3v) is 4.32. The Morgan fingerprint density at radius 3 is 2.50 bits per heavy atom. The zero-order valence-corrected chi connectivity index (χ0v) is 16.1. The zero-order chi connectivity index (χ0) is 19.9. The molecule has 0 aliphatic heterocycles. The first kappa shape index (κ1) is 19.3. The number of carbonyl (C=O) groups is 1. The monoisotopic (exact) mass is 381 g/mol. The van der Waals surface area contributed by atoms with Crippen LogP contribution in [0.3, 0.4) is 0 Å². The molecular formula is C21H23N3O4. The molecule has 3 aromatic rings. The number of nitrogens with zero attached hydrogens (tertiary/aromatic N) is 2. The highest BCUT2D eigenvalue weighted by atomic mass is 16.5.